The molecule has 1 heterocycles. The summed E-state index contributed by atoms with van der Waals surface area (Å²) in [7, 11) is 0. The molecule has 0 atom stereocenters. The maximum absolute atomic E-state index is 5.60. The van der Waals surface area contributed by atoms with Gasteiger partial charge in [-0.3, -0.25) is 0 Å². The lowest BCUT2D eigenvalue weighted by atomic mass is 10.3. The molecule has 0 aromatic carbocycles. The summed E-state index contributed by atoms with van der Waals surface area (Å²) in [6.45, 7) is 5.70. The second-order valence-electron chi connectivity index (χ2n) is 2.34. The molecular formula is C9H12N2. The molecule has 0 amide bonds. The molecule has 0 spiro atoms. The maximum atomic E-state index is 5.60. The quantitative estimate of drug-likeness (QED) is 0.581. The van der Waals surface area contributed by atoms with Gasteiger partial charge in [-0.1, -0.05) is 12.7 Å². The average Bonchev–Trinajstić information content (AvgIpc) is 2.37. The highest BCUT2D eigenvalue weighted by atomic mass is 14.6. The number of rotatable bonds is 1. The number of nitrogens with one attached hydrogen (secondary N) is 1. The third-order valence-corrected chi connectivity index (χ3v) is 1.52. The van der Waals surface area contributed by atoms with Gasteiger partial charge in [0.05, 0.1) is 0 Å². The molecule has 2 heteroatoms. The molecule has 0 aliphatic heterocycles. The highest BCUT2D eigenvalue weighted by Crippen LogP contribution is 1.81. The zero-order valence-corrected chi connectivity index (χ0v) is 6.59. The van der Waals surface area contributed by atoms with Crippen LogP contribution in [0.3, 0.4) is 0 Å². The summed E-state index contributed by atoms with van der Waals surface area (Å²) >= 11 is 0. The van der Waals surface area contributed by atoms with Crippen molar-refractivity contribution in [2.45, 2.75) is 6.92 Å². The summed E-state index contributed by atoms with van der Waals surface area (Å²) in [5, 5.41) is 1.94. The first-order valence-electron chi connectivity index (χ1n) is 3.50. The number of H-pyrrole nitrogens is 1. The molecule has 1 aromatic rings. The fourth-order valence-electron chi connectivity index (χ4n) is 0.814. The molecule has 0 unspecified atom stereocenters. The van der Waals surface area contributed by atoms with Gasteiger partial charge in [0.1, 0.15) is 0 Å². The lowest BCUT2D eigenvalue weighted by Crippen LogP contribution is -2.20. The van der Waals surface area contributed by atoms with Crippen LogP contribution in [0, 0.1) is 0 Å². The molecule has 0 saturated carbocycles. The number of hydrogen-bond acceptors (Lipinski definition) is 1. The topological polar surface area (TPSA) is 41.8 Å². The second-order valence-corrected chi connectivity index (χ2v) is 2.34. The number of nitrogens with two attached hydrogens (primary N) is 1. The molecule has 3 N–H and O–H groups in total. The molecule has 0 aliphatic carbocycles. The van der Waals surface area contributed by atoms with Crippen LogP contribution in [-0.2, 0) is 0 Å². The molecular weight excluding hydrogens is 136 g/mol. The number of allylic oxidation sites excluding steroid dienone is 2. The van der Waals surface area contributed by atoms with E-state index in [4.69, 9.17) is 5.73 Å². The van der Waals surface area contributed by atoms with E-state index in [0.29, 0.717) is 0 Å². The summed E-state index contributed by atoms with van der Waals surface area (Å²) in [4.78, 5) is 2.97. The Morgan fingerprint density at radius 3 is 2.91 bits per heavy atom. The van der Waals surface area contributed by atoms with Gasteiger partial charge in [0, 0.05) is 22.5 Å². The Morgan fingerprint density at radius 2 is 2.45 bits per heavy atom. The predicted molar refractivity (Wildman–Crippen MR) is 48.0 cm³/mol. The SMILES string of the molecule is C=c1[nH]cc/c1=C/C(N)=C\C. The van der Waals surface area contributed by atoms with E-state index in [-0.39, 0.29) is 0 Å². The summed E-state index contributed by atoms with van der Waals surface area (Å²) < 4.78 is 0. The van der Waals surface area contributed by atoms with Crippen molar-refractivity contribution in [3.8, 4) is 0 Å². The van der Waals surface area contributed by atoms with Gasteiger partial charge >= 0.3 is 0 Å². The third kappa shape index (κ3) is 1.74. The molecule has 1 aromatic heterocycles. The van der Waals surface area contributed by atoms with Gasteiger partial charge in [-0.05, 0) is 19.1 Å². The van der Waals surface area contributed by atoms with Gasteiger partial charge in [-0.2, -0.15) is 0 Å². The fourth-order valence-corrected chi connectivity index (χ4v) is 0.814. The van der Waals surface area contributed by atoms with Crippen LogP contribution < -0.4 is 16.3 Å². The Morgan fingerprint density at radius 1 is 1.73 bits per heavy atom. The van der Waals surface area contributed by atoms with Crippen molar-refractivity contribution in [1.29, 1.82) is 0 Å². The Bertz CT molecular complexity index is 357. The minimum Gasteiger partial charge on any atom is -0.399 e. The van der Waals surface area contributed by atoms with E-state index in [1.807, 2.05) is 31.3 Å². The zero-order valence-electron chi connectivity index (χ0n) is 6.59. The molecule has 0 fully saturated rings. The Kier molecular flexibility index (Phi) is 2.16. The molecule has 11 heavy (non-hydrogen) atoms. The smallest absolute Gasteiger partial charge is 0.0381 e. The molecule has 0 radical (unpaired) electrons. The van der Waals surface area contributed by atoms with Crippen LogP contribution in [-0.4, -0.2) is 4.98 Å². The van der Waals surface area contributed by atoms with Gasteiger partial charge in [0.25, 0.3) is 0 Å². The van der Waals surface area contributed by atoms with Crippen molar-refractivity contribution in [2.75, 3.05) is 0 Å². The number of aromatic amines is 1. The van der Waals surface area contributed by atoms with Crippen LogP contribution in [0.25, 0.3) is 12.7 Å². The van der Waals surface area contributed by atoms with E-state index >= 15 is 0 Å². The molecule has 0 bridgehead atoms. The molecule has 58 valence electrons. The van der Waals surface area contributed by atoms with Crippen LogP contribution in [0.5, 0.6) is 0 Å². The number of hydrogen-bond donors (Lipinski definition) is 2. The van der Waals surface area contributed by atoms with Gasteiger partial charge in [-0.25, -0.2) is 0 Å². The molecule has 0 saturated heterocycles. The average molecular weight is 148 g/mol. The number of aromatic nitrogens is 1. The zero-order chi connectivity index (χ0) is 8.27. The van der Waals surface area contributed by atoms with E-state index in [1.165, 1.54) is 0 Å². The van der Waals surface area contributed by atoms with Crippen molar-refractivity contribution in [2.24, 2.45) is 5.73 Å². The predicted octanol–water partition coefficient (Wildman–Crippen LogP) is 0.0680. The third-order valence-electron chi connectivity index (χ3n) is 1.52. The first kappa shape index (κ1) is 7.66. The normalized spacial score (nSPS) is 13.9. The van der Waals surface area contributed by atoms with Crippen LogP contribution in [0.1, 0.15) is 6.92 Å². The van der Waals surface area contributed by atoms with Crippen molar-refractivity contribution in [3.63, 3.8) is 0 Å². The van der Waals surface area contributed by atoms with Crippen LogP contribution in [0.15, 0.2) is 24.0 Å². The van der Waals surface area contributed by atoms with Crippen LogP contribution in [0.2, 0.25) is 0 Å². The van der Waals surface area contributed by atoms with E-state index in [2.05, 4.69) is 11.6 Å². The van der Waals surface area contributed by atoms with E-state index in [0.717, 1.165) is 16.3 Å². The molecule has 1 rings (SSSR count). The second kappa shape index (κ2) is 3.10. The molecule has 2 nitrogen and oxygen atoms in total. The summed E-state index contributed by atoms with van der Waals surface area (Å²) in [5.74, 6) is 0. The first-order valence-corrected chi connectivity index (χ1v) is 3.50. The first-order chi connectivity index (χ1) is 5.24. The van der Waals surface area contributed by atoms with Crippen LogP contribution in [0.4, 0.5) is 0 Å². The van der Waals surface area contributed by atoms with Crippen molar-refractivity contribution < 1.29 is 0 Å². The summed E-state index contributed by atoms with van der Waals surface area (Å²) in [5.41, 5.74) is 6.36. The van der Waals surface area contributed by atoms with Gasteiger partial charge in [-0.15, -0.1) is 0 Å². The van der Waals surface area contributed by atoms with Gasteiger partial charge in [0.2, 0.25) is 0 Å². The minimum atomic E-state index is 0.759. The summed E-state index contributed by atoms with van der Waals surface area (Å²) in [6.07, 6.45) is 5.59. The van der Waals surface area contributed by atoms with Gasteiger partial charge < -0.3 is 10.7 Å². The summed E-state index contributed by atoms with van der Waals surface area (Å²) in [6, 6.07) is 1.94. The van der Waals surface area contributed by atoms with Gasteiger partial charge in [0.15, 0.2) is 0 Å². The lowest BCUT2D eigenvalue weighted by Gasteiger charge is -1.85. The van der Waals surface area contributed by atoms with E-state index in [1.54, 1.807) is 0 Å². The Hall–Kier alpha value is -1.44. The van der Waals surface area contributed by atoms with Crippen molar-refractivity contribution in [3.05, 3.63) is 34.6 Å². The Labute approximate surface area is 65.7 Å². The van der Waals surface area contributed by atoms with Crippen molar-refractivity contribution in [1.82, 2.24) is 4.98 Å². The minimum absolute atomic E-state index is 0.759. The Balaban J connectivity index is 3.21. The monoisotopic (exact) mass is 148 g/mol. The van der Waals surface area contributed by atoms with Crippen LogP contribution >= 0.6 is 0 Å². The van der Waals surface area contributed by atoms with Crippen molar-refractivity contribution >= 4 is 12.7 Å². The lowest BCUT2D eigenvalue weighted by molar-refractivity contribution is 1.32. The fraction of sp³-hybridized carbons (Fsp3) is 0.111. The highest BCUT2D eigenvalue weighted by Gasteiger charge is 1.83. The maximum Gasteiger partial charge on any atom is 0.0381 e. The largest absolute Gasteiger partial charge is 0.399 e. The standard InChI is InChI=1S/C9H12N2/c1-3-9(10)6-8-4-5-11-7(8)2/h3-6,11H,2,10H2,1H3/b8-6-,9-3+. The van der Waals surface area contributed by atoms with E-state index in [9.17, 15) is 0 Å². The van der Waals surface area contributed by atoms with E-state index < -0.39 is 0 Å². The molecule has 0 aliphatic rings. The highest BCUT2D eigenvalue weighted by molar-refractivity contribution is 5.43.